The summed E-state index contributed by atoms with van der Waals surface area (Å²) >= 11 is 0. The van der Waals surface area contributed by atoms with Gasteiger partial charge >= 0.3 is 62.8 Å². The molecule has 9 heteroatoms. The van der Waals surface area contributed by atoms with E-state index in [9.17, 15) is 29.7 Å². The molecule has 0 unspecified atom stereocenters. The molecule has 0 fully saturated rings. The Kier molecular flexibility index (Phi) is 11.8. The van der Waals surface area contributed by atoms with E-state index in [1.165, 1.54) is 0 Å². The zero-order valence-electron chi connectivity index (χ0n) is 7.60. The molecule has 7 nitrogen and oxygen atoms in total. The van der Waals surface area contributed by atoms with Crippen LogP contribution in [-0.2, 0) is 14.4 Å². The second-order valence-corrected chi connectivity index (χ2v) is 2.42. The predicted molar refractivity (Wildman–Crippen MR) is 40.7 cm³/mol. The van der Waals surface area contributed by atoms with Crippen molar-refractivity contribution >= 4 is 80.8 Å². The normalized spacial score (nSPS) is 9.40. The number of aliphatic hydroxyl groups is 1. The van der Waals surface area contributed by atoms with E-state index in [0.29, 0.717) is 0 Å². The molecule has 0 aromatic rings. The second-order valence-electron chi connectivity index (χ2n) is 2.42. The first-order chi connectivity index (χ1) is 5.78. The molecule has 0 aliphatic carbocycles. The Morgan fingerprint density at radius 2 is 1.27 bits per heavy atom. The Hall–Kier alpha value is 0.383. The zero-order valence-corrected chi connectivity index (χ0v) is 12.2. The molecule has 0 saturated carbocycles. The third-order valence-corrected chi connectivity index (χ3v) is 1.25. The van der Waals surface area contributed by atoms with Crippen LogP contribution in [0.3, 0.4) is 0 Å². The fourth-order valence-corrected chi connectivity index (χ4v) is 0.684. The topological polar surface area (TPSA) is 141 Å². The molecule has 0 aliphatic rings. The average molecular weight is 304 g/mol. The van der Waals surface area contributed by atoms with E-state index >= 15 is 0 Å². The van der Waals surface area contributed by atoms with Crippen molar-refractivity contribution < 1.29 is 34.8 Å². The molecule has 0 aromatic heterocycles. The largest absolute Gasteiger partial charge is 3.00 e. The SMILES string of the molecule is O=C([O-])CC(O)(CC(=O)[O-])C(=O)[O-].[Al+3].[Sr+2]. The summed E-state index contributed by atoms with van der Waals surface area (Å²) < 4.78 is 0. The molecule has 1 N–H and O–H groups in total. The summed E-state index contributed by atoms with van der Waals surface area (Å²) in [7, 11) is 0. The van der Waals surface area contributed by atoms with Gasteiger partial charge in [-0.1, -0.05) is 0 Å². The first-order valence-corrected chi connectivity index (χ1v) is 3.11. The molecule has 15 heavy (non-hydrogen) atoms. The predicted octanol–water partition coefficient (Wildman–Crippen LogP) is -6.01. The van der Waals surface area contributed by atoms with Crippen molar-refractivity contribution in [2.24, 2.45) is 0 Å². The van der Waals surface area contributed by atoms with Crippen molar-refractivity contribution in [3.8, 4) is 0 Å². The maximum atomic E-state index is 10.1. The van der Waals surface area contributed by atoms with Gasteiger partial charge in [0.15, 0.2) is 0 Å². The van der Waals surface area contributed by atoms with E-state index in [4.69, 9.17) is 5.11 Å². The third kappa shape index (κ3) is 8.22. The molecule has 0 heterocycles. The number of carboxylic acid groups (broad SMARTS) is 3. The molecule has 0 radical (unpaired) electrons. The second kappa shape index (κ2) is 8.53. The maximum Gasteiger partial charge on any atom is 3.00 e. The minimum Gasteiger partial charge on any atom is -0.550 e. The van der Waals surface area contributed by atoms with Gasteiger partial charge in [0, 0.05) is 24.8 Å². The van der Waals surface area contributed by atoms with Crippen molar-refractivity contribution in [2.75, 3.05) is 0 Å². The Balaban J connectivity index is -0.000000720. The number of hydrogen-bond donors (Lipinski definition) is 1. The van der Waals surface area contributed by atoms with Crippen molar-refractivity contribution in [2.45, 2.75) is 18.4 Å². The quantitative estimate of drug-likeness (QED) is 0.498. The van der Waals surface area contributed by atoms with Crippen LogP contribution in [0.2, 0.25) is 0 Å². The summed E-state index contributed by atoms with van der Waals surface area (Å²) in [6.07, 6.45) is -2.72. The van der Waals surface area contributed by atoms with Crippen LogP contribution in [0.5, 0.6) is 0 Å². The maximum absolute atomic E-state index is 10.1. The minimum absolute atomic E-state index is 0. The van der Waals surface area contributed by atoms with E-state index in [-0.39, 0.29) is 62.8 Å². The van der Waals surface area contributed by atoms with Crippen LogP contribution in [0.25, 0.3) is 0 Å². The monoisotopic (exact) mass is 304 g/mol. The molecule has 0 amide bonds. The van der Waals surface area contributed by atoms with Crippen LogP contribution in [0.4, 0.5) is 0 Å². The molecular formula is C6H5AlO7Sr+2. The van der Waals surface area contributed by atoms with Gasteiger partial charge < -0.3 is 34.8 Å². The van der Waals surface area contributed by atoms with Gasteiger partial charge in [0.1, 0.15) is 5.60 Å². The average Bonchev–Trinajstić information content (AvgIpc) is 1.82. The Labute approximate surface area is 132 Å². The number of carboxylic acids is 3. The van der Waals surface area contributed by atoms with Gasteiger partial charge in [-0.3, -0.25) is 0 Å². The molecule has 0 saturated heterocycles. The number of aliphatic carboxylic acids is 3. The molecule has 0 spiro atoms. The van der Waals surface area contributed by atoms with Gasteiger partial charge in [-0.15, -0.1) is 0 Å². The first-order valence-electron chi connectivity index (χ1n) is 3.11. The smallest absolute Gasteiger partial charge is 0.550 e. The first kappa shape index (κ1) is 20.8. The van der Waals surface area contributed by atoms with Crippen LogP contribution < -0.4 is 15.3 Å². The van der Waals surface area contributed by atoms with Gasteiger partial charge in [-0.05, 0) is 0 Å². The van der Waals surface area contributed by atoms with E-state index < -0.39 is 36.4 Å². The summed E-state index contributed by atoms with van der Waals surface area (Å²) in [6.45, 7) is 0. The van der Waals surface area contributed by atoms with Gasteiger partial charge in [0.2, 0.25) is 0 Å². The van der Waals surface area contributed by atoms with E-state index in [1.807, 2.05) is 0 Å². The molecular weight excluding hydrogens is 299 g/mol. The van der Waals surface area contributed by atoms with Crippen molar-refractivity contribution in [3.63, 3.8) is 0 Å². The summed E-state index contributed by atoms with van der Waals surface area (Å²) in [6, 6.07) is 0. The van der Waals surface area contributed by atoms with Gasteiger partial charge in [-0.25, -0.2) is 0 Å². The van der Waals surface area contributed by atoms with Crippen LogP contribution in [0, 0.1) is 0 Å². The minimum atomic E-state index is -2.97. The van der Waals surface area contributed by atoms with Crippen molar-refractivity contribution in [1.82, 2.24) is 0 Å². The fraction of sp³-hybridized carbons (Fsp3) is 0.500. The summed E-state index contributed by atoms with van der Waals surface area (Å²) in [4.78, 5) is 30.0. The molecule has 0 aliphatic heterocycles. The van der Waals surface area contributed by atoms with E-state index in [2.05, 4.69) is 0 Å². The third-order valence-electron chi connectivity index (χ3n) is 1.25. The standard InChI is InChI=1S/C6H8O7.Al.Sr/c7-3(8)1-6(13,5(11)12)2-4(9)10;;/h13H,1-2H2,(H,7,8)(H,9,10)(H,11,12);;/q;+3;+2/p-3. The van der Waals surface area contributed by atoms with Crippen LogP contribution in [-0.4, -0.2) is 91.5 Å². The van der Waals surface area contributed by atoms with Crippen LogP contribution in [0.1, 0.15) is 12.8 Å². The molecule has 0 atom stereocenters. The van der Waals surface area contributed by atoms with E-state index in [0.717, 1.165) is 0 Å². The summed E-state index contributed by atoms with van der Waals surface area (Å²) in [5, 5.41) is 38.9. The van der Waals surface area contributed by atoms with E-state index in [1.54, 1.807) is 0 Å². The zero-order chi connectivity index (χ0) is 10.6. The molecule has 0 bridgehead atoms. The Morgan fingerprint density at radius 1 is 1.00 bits per heavy atom. The van der Waals surface area contributed by atoms with Gasteiger partial charge in [-0.2, -0.15) is 0 Å². The van der Waals surface area contributed by atoms with Crippen molar-refractivity contribution in [1.29, 1.82) is 0 Å². The van der Waals surface area contributed by atoms with Crippen LogP contribution >= 0.6 is 0 Å². The Morgan fingerprint density at radius 3 is 1.40 bits per heavy atom. The number of hydrogen-bond acceptors (Lipinski definition) is 7. The number of rotatable bonds is 5. The summed E-state index contributed by atoms with van der Waals surface area (Å²) in [5.41, 5.74) is -2.97. The van der Waals surface area contributed by atoms with Crippen LogP contribution in [0.15, 0.2) is 0 Å². The Bertz CT molecular complexity index is 238. The van der Waals surface area contributed by atoms with Gasteiger partial charge in [0.25, 0.3) is 0 Å². The molecule has 74 valence electrons. The molecule has 0 aromatic carbocycles. The number of carbonyl (C=O) groups excluding carboxylic acids is 3. The van der Waals surface area contributed by atoms with Gasteiger partial charge in [0.05, 0.1) is 5.97 Å². The van der Waals surface area contributed by atoms with Crippen molar-refractivity contribution in [3.05, 3.63) is 0 Å². The summed E-state index contributed by atoms with van der Waals surface area (Å²) in [5.74, 6) is -5.98. The number of carbonyl (C=O) groups is 3. The fourth-order valence-electron chi connectivity index (χ4n) is 0.684. The molecule has 0 rings (SSSR count).